The number of aromatic nitrogens is 2. The van der Waals surface area contributed by atoms with Gasteiger partial charge in [-0.1, -0.05) is 31.4 Å². The molecule has 1 heterocycles. The van der Waals surface area contributed by atoms with Crippen LogP contribution in [-0.4, -0.2) is 19.0 Å². The van der Waals surface area contributed by atoms with E-state index in [1.54, 1.807) is 18.6 Å². The standard InChI is InChI=1S/C8H8N2S3/c1-5(8(12)13)7(11)6-4-9-2-3-10-6/h2-5H,1H3,(H,12,13). The van der Waals surface area contributed by atoms with Crippen LogP contribution in [0, 0.1) is 5.92 Å². The average Bonchev–Trinajstić information content (AvgIpc) is 2.17. The van der Waals surface area contributed by atoms with Gasteiger partial charge in [0.25, 0.3) is 0 Å². The van der Waals surface area contributed by atoms with Crippen LogP contribution in [-0.2, 0) is 0 Å². The lowest BCUT2D eigenvalue weighted by atomic mass is 10.1. The molecule has 68 valence electrons. The molecule has 1 rings (SSSR count). The Morgan fingerprint density at radius 1 is 1.46 bits per heavy atom. The van der Waals surface area contributed by atoms with E-state index in [1.807, 2.05) is 6.92 Å². The fourth-order valence-corrected chi connectivity index (χ4v) is 1.39. The molecule has 0 aromatic carbocycles. The van der Waals surface area contributed by atoms with Crippen molar-refractivity contribution in [1.29, 1.82) is 0 Å². The monoisotopic (exact) mass is 228 g/mol. The van der Waals surface area contributed by atoms with Crippen LogP contribution >= 0.6 is 37.1 Å². The van der Waals surface area contributed by atoms with Gasteiger partial charge in [-0.3, -0.25) is 9.97 Å². The van der Waals surface area contributed by atoms with Gasteiger partial charge in [-0.2, -0.15) is 0 Å². The molecule has 0 aliphatic rings. The molecule has 0 radical (unpaired) electrons. The zero-order chi connectivity index (χ0) is 9.84. The second-order valence-corrected chi connectivity index (χ2v) is 4.18. The zero-order valence-corrected chi connectivity index (χ0v) is 9.49. The van der Waals surface area contributed by atoms with Crippen molar-refractivity contribution in [2.24, 2.45) is 5.92 Å². The lowest BCUT2D eigenvalue weighted by Gasteiger charge is -2.08. The molecule has 1 aromatic heterocycles. The maximum Gasteiger partial charge on any atom is 0.0958 e. The third-order valence-corrected chi connectivity index (χ3v) is 2.88. The molecule has 2 nitrogen and oxygen atoms in total. The van der Waals surface area contributed by atoms with E-state index in [9.17, 15) is 0 Å². The quantitative estimate of drug-likeness (QED) is 0.487. The molecule has 0 aliphatic carbocycles. The van der Waals surface area contributed by atoms with E-state index in [0.29, 0.717) is 14.8 Å². The SMILES string of the molecule is CC(C(=S)S)C(=S)c1cnccn1. The Morgan fingerprint density at radius 2 is 2.15 bits per heavy atom. The van der Waals surface area contributed by atoms with E-state index >= 15 is 0 Å². The van der Waals surface area contributed by atoms with Crippen molar-refractivity contribution in [3.8, 4) is 0 Å². The Hall–Kier alpha value is -0.390. The lowest BCUT2D eigenvalue weighted by Crippen LogP contribution is -2.16. The van der Waals surface area contributed by atoms with Crippen molar-refractivity contribution < 1.29 is 0 Å². The summed E-state index contributed by atoms with van der Waals surface area (Å²) in [5.41, 5.74) is 0.696. The summed E-state index contributed by atoms with van der Waals surface area (Å²) in [6.07, 6.45) is 4.84. The van der Waals surface area contributed by atoms with Crippen molar-refractivity contribution >= 4 is 46.1 Å². The number of thiocarbonyl (C=S) groups is 2. The van der Waals surface area contributed by atoms with Crippen LogP contribution in [0.2, 0.25) is 0 Å². The van der Waals surface area contributed by atoms with E-state index < -0.39 is 0 Å². The van der Waals surface area contributed by atoms with Crippen molar-refractivity contribution in [3.05, 3.63) is 24.3 Å². The first-order valence-corrected chi connectivity index (χ1v) is 4.92. The third-order valence-electron chi connectivity index (χ3n) is 1.58. The third kappa shape index (κ3) is 2.79. The lowest BCUT2D eigenvalue weighted by molar-refractivity contribution is 1.09. The molecule has 0 fully saturated rings. The van der Waals surface area contributed by atoms with Gasteiger partial charge >= 0.3 is 0 Å². The van der Waals surface area contributed by atoms with E-state index in [-0.39, 0.29) is 5.92 Å². The number of thiol groups is 1. The molecule has 1 unspecified atom stereocenters. The molecule has 0 amide bonds. The summed E-state index contributed by atoms with van der Waals surface area (Å²) >= 11 is 14.2. The summed E-state index contributed by atoms with van der Waals surface area (Å²) < 4.78 is 0.579. The van der Waals surface area contributed by atoms with Crippen LogP contribution in [0.25, 0.3) is 0 Å². The van der Waals surface area contributed by atoms with Crippen LogP contribution in [0.4, 0.5) is 0 Å². The van der Waals surface area contributed by atoms with Crippen molar-refractivity contribution in [1.82, 2.24) is 9.97 Å². The summed E-state index contributed by atoms with van der Waals surface area (Å²) in [4.78, 5) is 8.70. The van der Waals surface area contributed by atoms with Gasteiger partial charge in [-0.15, -0.1) is 12.6 Å². The molecule has 1 aromatic rings. The first-order chi connectivity index (χ1) is 6.13. The van der Waals surface area contributed by atoms with Crippen molar-refractivity contribution in [2.75, 3.05) is 0 Å². The molecular formula is C8H8N2S3. The van der Waals surface area contributed by atoms with Crippen molar-refractivity contribution in [2.45, 2.75) is 6.92 Å². The summed E-state index contributed by atoms with van der Waals surface area (Å²) in [5.74, 6) is -0.0231. The predicted molar refractivity (Wildman–Crippen MR) is 64.5 cm³/mol. The molecular weight excluding hydrogens is 220 g/mol. The summed E-state index contributed by atoms with van der Waals surface area (Å²) in [7, 11) is 0. The molecule has 1 atom stereocenters. The van der Waals surface area contributed by atoms with Crippen LogP contribution in [0.15, 0.2) is 18.6 Å². The molecule has 0 aliphatic heterocycles. The Morgan fingerprint density at radius 3 is 2.62 bits per heavy atom. The Labute approximate surface area is 93.2 Å². The van der Waals surface area contributed by atoms with Gasteiger partial charge < -0.3 is 0 Å². The topological polar surface area (TPSA) is 25.8 Å². The number of rotatable bonds is 3. The number of hydrogen-bond acceptors (Lipinski definition) is 4. The van der Waals surface area contributed by atoms with Gasteiger partial charge in [-0.25, -0.2) is 0 Å². The van der Waals surface area contributed by atoms with Gasteiger partial charge in [0.15, 0.2) is 0 Å². The van der Waals surface area contributed by atoms with E-state index in [0.717, 1.165) is 0 Å². The van der Waals surface area contributed by atoms with E-state index in [1.165, 1.54) is 0 Å². The van der Waals surface area contributed by atoms with Gasteiger partial charge in [0.1, 0.15) is 0 Å². The Balaban J connectivity index is 2.86. The predicted octanol–water partition coefficient (Wildman–Crippen LogP) is 2.09. The highest BCUT2D eigenvalue weighted by Gasteiger charge is 2.14. The summed E-state index contributed by atoms with van der Waals surface area (Å²) in [6.45, 7) is 1.91. The van der Waals surface area contributed by atoms with Crippen LogP contribution in [0.3, 0.4) is 0 Å². The minimum atomic E-state index is -0.0231. The smallest absolute Gasteiger partial charge is 0.0958 e. The van der Waals surface area contributed by atoms with Gasteiger partial charge in [0.05, 0.1) is 21.0 Å². The fraction of sp³-hybridized carbons (Fsp3) is 0.250. The van der Waals surface area contributed by atoms with Gasteiger partial charge in [0, 0.05) is 18.3 Å². The summed E-state index contributed by atoms with van der Waals surface area (Å²) in [5, 5.41) is 0. The van der Waals surface area contributed by atoms with Gasteiger partial charge in [0.2, 0.25) is 0 Å². The van der Waals surface area contributed by atoms with Crippen LogP contribution in [0.5, 0.6) is 0 Å². The number of nitrogens with zero attached hydrogens (tertiary/aromatic N) is 2. The molecule has 13 heavy (non-hydrogen) atoms. The molecule has 5 heteroatoms. The van der Waals surface area contributed by atoms with E-state index in [4.69, 9.17) is 24.4 Å². The fourth-order valence-electron chi connectivity index (χ4n) is 0.760. The largest absolute Gasteiger partial charge is 0.261 e. The maximum atomic E-state index is 5.18. The minimum Gasteiger partial charge on any atom is -0.261 e. The average molecular weight is 228 g/mol. The van der Waals surface area contributed by atoms with Crippen molar-refractivity contribution in [3.63, 3.8) is 0 Å². The van der Waals surface area contributed by atoms with Gasteiger partial charge in [-0.05, 0) is 0 Å². The normalized spacial score (nSPS) is 12.2. The maximum absolute atomic E-state index is 5.18. The Bertz CT molecular complexity index is 323. The highest BCUT2D eigenvalue weighted by molar-refractivity contribution is 8.11. The molecule has 0 bridgehead atoms. The molecule has 0 saturated carbocycles. The highest BCUT2D eigenvalue weighted by Crippen LogP contribution is 2.11. The molecule has 0 N–H and O–H groups in total. The van der Waals surface area contributed by atoms with Crippen LogP contribution in [0.1, 0.15) is 12.6 Å². The number of hydrogen-bond donors (Lipinski definition) is 1. The minimum absolute atomic E-state index is 0.0231. The van der Waals surface area contributed by atoms with Crippen LogP contribution < -0.4 is 0 Å². The summed E-state index contributed by atoms with van der Waals surface area (Å²) in [6, 6.07) is 0. The second-order valence-electron chi connectivity index (χ2n) is 2.51. The first-order valence-electron chi connectivity index (χ1n) is 3.66. The zero-order valence-electron chi connectivity index (χ0n) is 6.97. The molecule has 0 saturated heterocycles. The van der Waals surface area contributed by atoms with E-state index in [2.05, 4.69) is 22.6 Å². The molecule has 0 spiro atoms. The highest BCUT2D eigenvalue weighted by atomic mass is 32.1. The second kappa shape index (κ2) is 4.74. The Kier molecular flexibility index (Phi) is 3.90. The first kappa shape index (κ1) is 10.7.